The predicted octanol–water partition coefficient (Wildman–Crippen LogP) is 2.36. The van der Waals surface area contributed by atoms with E-state index in [1.807, 2.05) is 19.2 Å². The SMILES string of the molecule is C=CCCCN(C)c1ccc(C#N)cn1. The van der Waals surface area contributed by atoms with Gasteiger partial charge in [0.05, 0.1) is 5.56 Å². The highest BCUT2D eigenvalue weighted by molar-refractivity contribution is 5.40. The molecule has 0 unspecified atom stereocenters. The number of allylic oxidation sites excluding steroid dienone is 1. The first-order valence-corrected chi connectivity index (χ1v) is 4.96. The average Bonchev–Trinajstić information content (AvgIpc) is 2.29. The van der Waals surface area contributed by atoms with Crippen molar-refractivity contribution < 1.29 is 0 Å². The molecule has 0 bridgehead atoms. The van der Waals surface area contributed by atoms with Crippen molar-refractivity contribution in [3.63, 3.8) is 0 Å². The first kappa shape index (κ1) is 11.3. The second kappa shape index (κ2) is 5.82. The summed E-state index contributed by atoms with van der Waals surface area (Å²) < 4.78 is 0. The fourth-order valence-corrected chi connectivity index (χ4v) is 1.27. The molecule has 1 rings (SSSR count). The number of nitriles is 1. The smallest absolute Gasteiger partial charge is 0.128 e. The molecule has 0 aliphatic carbocycles. The van der Waals surface area contributed by atoms with Crippen molar-refractivity contribution in [3.05, 3.63) is 36.5 Å². The van der Waals surface area contributed by atoms with E-state index in [0.717, 1.165) is 25.2 Å². The third-order valence-electron chi connectivity index (χ3n) is 2.17. The molecular formula is C12H15N3. The second-order valence-corrected chi connectivity index (χ2v) is 3.37. The highest BCUT2D eigenvalue weighted by atomic mass is 15.2. The molecule has 1 heterocycles. The van der Waals surface area contributed by atoms with Gasteiger partial charge in [-0.05, 0) is 25.0 Å². The van der Waals surface area contributed by atoms with Gasteiger partial charge in [-0.1, -0.05) is 6.08 Å². The van der Waals surface area contributed by atoms with Gasteiger partial charge in [-0.3, -0.25) is 0 Å². The topological polar surface area (TPSA) is 39.9 Å². The lowest BCUT2D eigenvalue weighted by Crippen LogP contribution is -2.19. The molecule has 0 atom stereocenters. The first-order valence-electron chi connectivity index (χ1n) is 4.96. The third kappa shape index (κ3) is 3.43. The third-order valence-corrected chi connectivity index (χ3v) is 2.17. The minimum Gasteiger partial charge on any atom is -0.360 e. The van der Waals surface area contributed by atoms with Gasteiger partial charge in [0.1, 0.15) is 11.9 Å². The van der Waals surface area contributed by atoms with Crippen molar-refractivity contribution in [2.75, 3.05) is 18.5 Å². The van der Waals surface area contributed by atoms with Crippen LogP contribution in [0.5, 0.6) is 0 Å². The molecular weight excluding hydrogens is 186 g/mol. The van der Waals surface area contributed by atoms with E-state index < -0.39 is 0 Å². The van der Waals surface area contributed by atoms with Crippen LogP contribution < -0.4 is 4.90 Å². The number of nitrogens with zero attached hydrogens (tertiary/aromatic N) is 3. The molecule has 1 aromatic heterocycles. The monoisotopic (exact) mass is 201 g/mol. The van der Waals surface area contributed by atoms with Crippen LogP contribution in [0.15, 0.2) is 31.0 Å². The molecule has 0 amide bonds. The zero-order valence-corrected chi connectivity index (χ0v) is 8.98. The Labute approximate surface area is 90.7 Å². The predicted molar refractivity (Wildman–Crippen MR) is 61.7 cm³/mol. The Morgan fingerprint density at radius 1 is 1.60 bits per heavy atom. The lowest BCUT2D eigenvalue weighted by molar-refractivity contribution is 0.792. The van der Waals surface area contributed by atoms with Crippen molar-refractivity contribution in [1.82, 2.24) is 4.98 Å². The van der Waals surface area contributed by atoms with Crippen LogP contribution in [0.2, 0.25) is 0 Å². The quantitative estimate of drug-likeness (QED) is 0.542. The summed E-state index contributed by atoms with van der Waals surface area (Å²) in [4.78, 5) is 6.28. The van der Waals surface area contributed by atoms with E-state index in [0.29, 0.717) is 5.56 Å². The normalized spacial score (nSPS) is 9.33. The molecule has 0 aliphatic rings. The number of aromatic nitrogens is 1. The molecule has 15 heavy (non-hydrogen) atoms. The molecule has 0 aromatic carbocycles. The minimum absolute atomic E-state index is 0.596. The van der Waals surface area contributed by atoms with Crippen LogP contribution in [0, 0.1) is 11.3 Å². The summed E-state index contributed by atoms with van der Waals surface area (Å²) in [6.07, 6.45) is 5.60. The minimum atomic E-state index is 0.596. The molecule has 0 aliphatic heterocycles. The van der Waals surface area contributed by atoms with E-state index in [4.69, 9.17) is 5.26 Å². The van der Waals surface area contributed by atoms with E-state index in [1.54, 1.807) is 12.3 Å². The van der Waals surface area contributed by atoms with E-state index >= 15 is 0 Å². The van der Waals surface area contributed by atoms with Gasteiger partial charge in [0.25, 0.3) is 0 Å². The second-order valence-electron chi connectivity index (χ2n) is 3.37. The van der Waals surface area contributed by atoms with Crippen molar-refractivity contribution >= 4 is 5.82 Å². The first-order chi connectivity index (χ1) is 7.27. The van der Waals surface area contributed by atoms with Gasteiger partial charge in [-0.15, -0.1) is 6.58 Å². The van der Waals surface area contributed by atoms with Crippen LogP contribution >= 0.6 is 0 Å². The Kier molecular flexibility index (Phi) is 4.36. The summed E-state index contributed by atoms with van der Waals surface area (Å²) in [6, 6.07) is 5.70. The largest absolute Gasteiger partial charge is 0.360 e. The van der Waals surface area contributed by atoms with Crippen LogP contribution in [-0.2, 0) is 0 Å². The van der Waals surface area contributed by atoms with E-state index in [2.05, 4.69) is 22.5 Å². The highest BCUT2D eigenvalue weighted by Crippen LogP contribution is 2.09. The van der Waals surface area contributed by atoms with Crippen molar-refractivity contribution in [1.29, 1.82) is 5.26 Å². The average molecular weight is 201 g/mol. The molecule has 3 heteroatoms. The van der Waals surface area contributed by atoms with Crippen LogP contribution in [0.4, 0.5) is 5.82 Å². The van der Waals surface area contributed by atoms with Gasteiger partial charge in [0.2, 0.25) is 0 Å². The van der Waals surface area contributed by atoms with E-state index in [9.17, 15) is 0 Å². The zero-order valence-electron chi connectivity index (χ0n) is 8.98. The summed E-state index contributed by atoms with van der Waals surface area (Å²) in [5.41, 5.74) is 0.596. The summed E-state index contributed by atoms with van der Waals surface area (Å²) >= 11 is 0. The van der Waals surface area contributed by atoms with E-state index in [-0.39, 0.29) is 0 Å². The summed E-state index contributed by atoms with van der Waals surface area (Å²) in [5, 5.41) is 8.63. The maximum absolute atomic E-state index is 8.63. The zero-order chi connectivity index (χ0) is 11.1. The Balaban J connectivity index is 2.54. The van der Waals surface area contributed by atoms with Crippen LogP contribution in [0.3, 0.4) is 0 Å². The summed E-state index contributed by atoms with van der Waals surface area (Å²) in [5.74, 6) is 0.901. The number of hydrogen-bond donors (Lipinski definition) is 0. The van der Waals surface area contributed by atoms with Crippen LogP contribution in [0.25, 0.3) is 0 Å². The number of pyridine rings is 1. The van der Waals surface area contributed by atoms with Gasteiger partial charge in [0.15, 0.2) is 0 Å². The fourth-order valence-electron chi connectivity index (χ4n) is 1.27. The lowest BCUT2D eigenvalue weighted by Gasteiger charge is -2.17. The Bertz CT molecular complexity index is 348. The van der Waals surface area contributed by atoms with Gasteiger partial charge in [-0.25, -0.2) is 4.98 Å². The van der Waals surface area contributed by atoms with Gasteiger partial charge >= 0.3 is 0 Å². The standard InChI is InChI=1S/C12H15N3/c1-3-4-5-8-15(2)12-7-6-11(9-13)10-14-12/h3,6-7,10H,1,4-5,8H2,2H3. The molecule has 0 saturated heterocycles. The van der Waals surface area contributed by atoms with Crippen molar-refractivity contribution in [3.8, 4) is 6.07 Å². The molecule has 0 radical (unpaired) electrons. The highest BCUT2D eigenvalue weighted by Gasteiger charge is 2.01. The molecule has 1 aromatic rings. The number of rotatable bonds is 5. The van der Waals surface area contributed by atoms with Gasteiger partial charge in [0, 0.05) is 19.8 Å². The van der Waals surface area contributed by atoms with Crippen molar-refractivity contribution in [2.45, 2.75) is 12.8 Å². The number of unbranched alkanes of at least 4 members (excludes halogenated alkanes) is 1. The Morgan fingerprint density at radius 3 is 2.93 bits per heavy atom. The van der Waals surface area contributed by atoms with Crippen LogP contribution in [0.1, 0.15) is 18.4 Å². The molecule has 3 nitrogen and oxygen atoms in total. The number of hydrogen-bond acceptors (Lipinski definition) is 3. The molecule has 0 N–H and O–H groups in total. The maximum atomic E-state index is 8.63. The molecule has 0 spiro atoms. The maximum Gasteiger partial charge on any atom is 0.128 e. The lowest BCUT2D eigenvalue weighted by atomic mass is 10.3. The Morgan fingerprint density at radius 2 is 2.40 bits per heavy atom. The molecule has 0 saturated carbocycles. The molecule has 78 valence electrons. The Hall–Kier alpha value is -1.82. The number of anilines is 1. The van der Waals surface area contributed by atoms with Gasteiger partial charge in [-0.2, -0.15) is 5.26 Å². The summed E-state index contributed by atoms with van der Waals surface area (Å²) in [7, 11) is 2.00. The van der Waals surface area contributed by atoms with E-state index in [1.165, 1.54) is 0 Å². The molecule has 0 fully saturated rings. The summed E-state index contributed by atoms with van der Waals surface area (Å²) in [6.45, 7) is 4.63. The van der Waals surface area contributed by atoms with Crippen LogP contribution in [-0.4, -0.2) is 18.6 Å². The van der Waals surface area contributed by atoms with Gasteiger partial charge < -0.3 is 4.90 Å². The fraction of sp³-hybridized carbons (Fsp3) is 0.333. The van der Waals surface area contributed by atoms with Crippen molar-refractivity contribution in [2.24, 2.45) is 0 Å².